The molecule has 2 aliphatic heterocycles. The Balaban J connectivity index is 1.75. The van der Waals surface area contributed by atoms with Gasteiger partial charge in [0.05, 0.1) is 17.8 Å². The zero-order valence-electron chi connectivity index (χ0n) is 9.41. The summed E-state index contributed by atoms with van der Waals surface area (Å²) in [4.78, 5) is 0. The van der Waals surface area contributed by atoms with Crippen molar-refractivity contribution < 1.29 is 9.84 Å². The molecular formula is C13H20O2. The fourth-order valence-corrected chi connectivity index (χ4v) is 5.33. The Kier molecular flexibility index (Phi) is 1.46. The van der Waals surface area contributed by atoms with Gasteiger partial charge in [0.25, 0.3) is 0 Å². The van der Waals surface area contributed by atoms with Crippen LogP contribution in [0.2, 0.25) is 0 Å². The maximum absolute atomic E-state index is 9.82. The fraction of sp³-hybridized carbons (Fsp3) is 1.00. The predicted octanol–water partition coefficient (Wildman–Crippen LogP) is 2.10. The molecular weight excluding hydrogens is 188 g/mol. The highest BCUT2D eigenvalue weighted by Crippen LogP contribution is 2.69. The van der Waals surface area contributed by atoms with E-state index in [1.54, 1.807) is 0 Å². The van der Waals surface area contributed by atoms with Gasteiger partial charge in [0, 0.05) is 0 Å². The van der Waals surface area contributed by atoms with Gasteiger partial charge in [-0.3, -0.25) is 0 Å². The third-order valence-corrected chi connectivity index (χ3v) is 5.89. The van der Waals surface area contributed by atoms with Crippen LogP contribution in [0.3, 0.4) is 0 Å². The molecule has 3 aliphatic carbocycles. The van der Waals surface area contributed by atoms with Crippen molar-refractivity contribution in [3.05, 3.63) is 0 Å². The molecule has 0 aromatic carbocycles. The molecule has 0 amide bonds. The highest BCUT2D eigenvalue weighted by molar-refractivity contribution is 5.17. The summed E-state index contributed by atoms with van der Waals surface area (Å²) in [6.45, 7) is 2.33. The lowest BCUT2D eigenvalue weighted by Crippen LogP contribution is -2.49. The van der Waals surface area contributed by atoms with Crippen LogP contribution in [-0.4, -0.2) is 22.9 Å². The number of rotatable bonds is 0. The first-order chi connectivity index (χ1) is 7.11. The topological polar surface area (TPSA) is 29.5 Å². The molecule has 5 rings (SSSR count). The molecule has 2 heterocycles. The van der Waals surface area contributed by atoms with Crippen LogP contribution in [0.4, 0.5) is 0 Å². The number of aliphatic hydroxyl groups is 1. The standard InChI is InChI=1S/C13H20O2/c1-12-7-13-3-2-9(14)5-10(13)11(15-12)4-8(12)6-13/h8-11,14H,2-7H2,1H3. The molecule has 1 N–H and O–H groups in total. The van der Waals surface area contributed by atoms with Crippen molar-refractivity contribution in [3.63, 3.8) is 0 Å². The van der Waals surface area contributed by atoms with Gasteiger partial charge in [-0.15, -0.1) is 0 Å². The Hall–Kier alpha value is -0.0800. The highest BCUT2D eigenvalue weighted by Gasteiger charge is 2.68. The minimum absolute atomic E-state index is 0.0479. The van der Waals surface area contributed by atoms with Gasteiger partial charge in [0.15, 0.2) is 0 Å². The lowest BCUT2D eigenvalue weighted by molar-refractivity contribution is -0.158. The monoisotopic (exact) mass is 208 g/mol. The molecule has 1 spiro atoms. The molecule has 4 bridgehead atoms. The van der Waals surface area contributed by atoms with E-state index in [2.05, 4.69) is 6.92 Å². The first kappa shape index (κ1) is 9.00. The average Bonchev–Trinajstić information content (AvgIpc) is 2.54. The first-order valence-corrected chi connectivity index (χ1v) is 6.47. The molecule has 6 unspecified atom stereocenters. The van der Waals surface area contributed by atoms with Gasteiger partial charge in [-0.05, 0) is 62.7 Å². The summed E-state index contributed by atoms with van der Waals surface area (Å²) in [5.41, 5.74) is 0.781. The molecule has 0 radical (unpaired) electrons. The van der Waals surface area contributed by atoms with Crippen molar-refractivity contribution in [2.24, 2.45) is 17.3 Å². The third-order valence-electron chi connectivity index (χ3n) is 5.89. The van der Waals surface area contributed by atoms with Crippen molar-refractivity contribution in [2.45, 2.75) is 63.3 Å². The summed E-state index contributed by atoms with van der Waals surface area (Å²) in [6, 6.07) is 0. The van der Waals surface area contributed by atoms with Gasteiger partial charge in [0.1, 0.15) is 0 Å². The quantitative estimate of drug-likeness (QED) is 0.660. The second kappa shape index (κ2) is 2.43. The van der Waals surface area contributed by atoms with E-state index in [-0.39, 0.29) is 11.7 Å². The highest BCUT2D eigenvalue weighted by atomic mass is 16.5. The number of ether oxygens (including phenoxy) is 1. The van der Waals surface area contributed by atoms with Gasteiger partial charge >= 0.3 is 0 Å². The second-order valence-electron chi connectivity index (χ2n) is 6.68. The van der Waals surface area contributed by atoms with E-state index in [1.807, 2.05) is 0 Å². The Morgan fingerprint density at radius 2 is 2.20 bits per heavy atom. The maximum Gasteiger partial charge on any atom is 0.0693 e. The van der Waals surface area contributed by atoms with E-state index >= 15 is 0 Å². The van der Waals surface area contributed by atoms with E-state index in [4.69, 9.17) is 4.74 Å². The predicted molar refractivity (Wildman–Crippen MR) is 56.4 cm³/mol. The third kappa shape index (κ3) is 0.938. The largest absolute Gasteiger partial charge is 0.393 e. The van der Waals surface area contributed by atoms with Crippen molar-refractivity contribution in [2.75, 3.05) is 0 Å². The zero-order valence-corrected chi connectivity index (χ0v) is 9.41. The average molecular weight is 208 g/mol. The van der Waals surface area contributed by atoms with Crippen LogP contribution in [0.25, 0.3) is 0 Å². The zero-order chi connectivity index (χ0) is 10.3. The molecule has 0 aromatic heterocycles. The molecule has 2 heteroatoms. The van der Waals surface area contributed by atoms with E-state index in [1.165, 1.54) is 25.7 Å². The van der Waals surface area contributed by atoms with Gasteiger partial charge in [-0.1, -0.05) is 0 Å². The van der Waals surface area contributed by atoms with Crippen LogP contribution in [-0.2, 0) is 4.74 Å². The van der Waals surface area contributed by atoms with Crippen molar-refractivity contribution in [1.29, 1.82) is 0 Å². The van der Waals surface area contributed by atoms with E-state index < -0.39 is 0 Å². The normalized spacial score (nSPS) is 66.0. The summed E-state index contributed by atoms with van der Waals surface area (Å²) >= 11 is 0. The van der Waals surface area contributed by atoms with Crippen molar-refractivity contribution in [1.82, 2.24) is 0 Å². The smallest absolute Gasteiger partial charge is 0.0693 e. The minimum Gasteiger partial charge on any atom is -0.393 e. The summed E-state index contributed by atoms with van der Waals surface area (Å²) in [5.74, 6) is 1.50. The van der Waals surface area contributed by atoms with Crippen LogP contribution in [0, 0.1) is 17.3 Å². The van der Waals surface area contributed by atoms with Gasteiger partial charge in [0.2, 0.25) is 0 Å². The Morgan fingerprint density at radius 1 is 1.33 bits per heavy atom. The molecule has 15 heavy (non-hydrogen) atoms. The number of aliphatic hydroxyl groups excluding tert-OH is 1. The van der Waals surface area contributed by atoms with Crippen LogP contribution in [0.1, 0.15) is 45.4 Å². The van der Waals surface area contributed by atoms with E-state index in [0.29, 0.717) is 17.4 Å². The molecule has 0 aromatic rings. The number of hydrogen-bond donors (Lipinski definition) is 1. The molecule has 5 aliphatic rings. The summed E-state index contributed by atoms with van der Waals surface area (Å²) in [7, 11) is 0. The molecule has 2 nitrogen and oxygen atoms in total. The van der Waals surface area contributed by atoms with E-state index in [9.17, 15) is 5.11 Å². The molecule has 3 saturated carbocycles. The first-order valence-electron chi connectivity index (χ1n) is 6.47. The minimum atomic E-state index is -0.0479. The van der Waals surface area contributed by atoms with E-state index in [0.717, 1.165) is 18.8 Å². The van der Waals surface area contributed by atoms with Gasteiger partial charge in [-0.2, -0.15) is 0 Å². The SMILES string of the molecule is CC12CC34CCC(O)CC3C(CC1C4)O2. The Bertz CT molecular complexity index is 316. The summed E-state index contributed by atoms with van der Waals surface area (Å²) in [6.07, 6.45) is 7.67. The lowest BCUT2D eigenvalue weighted by Gasteiger charge is -2.51. The van der Waals surface area contributed by atoms with Crippen LogP contribution in [0.5, 0.6) is 0 Å². The molecule has 2 saturated heterocycles. The maximum atomic E-state index is 9.82. The van der Waals surface area contributed by atoms with Crippen molar-refractivity contribution >= 4 is 0 Å². The number of hydrogen-bond acceptors (Lipinski definition) is 2. The van der Waals surface area contributed by atoms with Crippen LogP contribution >= 0.6 is 0 Å². The Morgan fingerprint density at radius 3 is 3.00 bits per heavy atom. The second-order valence-corrected chi connectivity index (χ2v) is 6.68. The lowest BCUT2D eigenvalue weighted by atomic mass is 9.58. The van der Waals surface area contributed by atoms with Gasteiger partial charge in [-0.25, -0.2) is 0 Å². The molecule has 5 fully saturated rings. The molecule has 6 atom stereocenters. The van der Waals surface area contributed by atoms with Crippen LogP contribution < -0.4 is 0 Å². The van der Waals surface area contributed by atoms with Crippen molar-refractivity contribution in [3.8, 4) is 0 Å². The fourth-order valence-electron chi connectivity index (χ4n) is 5.33. The molecule has 84 valence electrons. The Labute approximate surface area is 91.0 Å². The van der Waals surface area contributed by atoms with Crippen LogP contribution in [0.15, 0.2) is 0 Å². The van der Waals surface area contributed by atoms with Gasteiger partial charge < -0.3 is 9.84 Å². The summed E-state index contributed by atoms with van der Waals surface area (Å²) < 4.78 is 6.24. The summed E-state index contributed by atoms with van der Waals surface area (Å²) in [5, 5.41) is 9.82.